The lowest BCUT2D eigenvalue weighted by molar-refractivity contribution is -0.135. The predicted octanol–water partition coefficient (Wildman–Crippen LogP) is 5.36. The molecule has 1 aromatic heterocycles. The molecule has 1 aromatic carbocycles. The second-order valence-electron chi connectivity index (χ2n) is 7.69. The molecule has 0 saturated carbocycles. The van der Waals surface area contributed by atoms with Crippen molar-refractivity contribution in [2.24, 2.45) is 0 Å². The molecule has 0 aliphatic carbocycles. The molecule has 0 N–H and O–H groups in total. The molecule has 6 heteroatoms. The summed E-state index contributed by atoms with van der Waals surface area (Å²) < 4.78 is 16.5. The number of aromatic nitrogens is 2. The molecule has 6 nitrogen and oxygen atoms in total. The van der Waals surface area contributed by atoms with Crippen molar-refractivity contribution in [3.05, 3.63) is 36.7 Å². The lowest BCUT2D eigenvalue weighted by Gasteiger charge is -2.07. The van der Waals surface area contributed by atoms with Gasteiger partial charge in [-0.2, -0.15) is 0 Å². The Hall–Kier alpha value is -2.47. The fourth-order valence-corrected chi connectivity index (χ4v) is 3.31. The summed E-state index contributed by atoms with van der Waals surface area (Å²) >= 11 is 0. The van der Waals surface area contributed by atoms with E-state index in [0.717, 1.165) is 24.8 Å². The van der Waals surface area contributed by atoms with Gasteiger partial charge in [0.15, 0.2) is 17.7 Å². The van der Waals surface area contributed by atoms with Crippen molar-refractivity contribution in [2.75, 3.05) is 6.61 Å². The number of hydrogen-bond acceptors (Lipinski definition) is 6. The van der Waals surface area contributed by atoms with Crippen LogP contribution in [0.5, 0.6) is 11.5 Å². The van der Waals surface area contributed by atoms with Crippen molar-refractivity contribution in [1.82, 2.24) is 9.97 Å². The van der Waals surface area contributed by atoms with Crippen LogP contribution < -0.4 is 9.47 Å². The molecule has 0 bridgehead atoms. The third-order valence-electron chi connectivity index (χ3n) is 5.11. The second-order valence-corrected chi connectivity index (χ2v) is 7.69. The summed E-state index contributed by atoms with van der Waals surface area (Å²) in [6, 6.07) is 7.17. The number of epoxide rings is 1. The van der Waals surface area contributed by atoms with Gasteiger partial charge < -0.3 is 14.2 Å². The molecule has 0 unspecified atom stereocenters. The summed E-state index contributed by atoms with van der Waals surface area (Å²) in [5, 5.41) is 0. The Kier molecular flexibility index (Phi) is 8.63. The van der Waals surface area contributed by atoms with Crippen LogP contribution in [0.3, 0.4) is 0 Å². The number of ether oxygens (including phenoxy) is 3. The van der Waals surface area contributed by atoms with Gasteiger partial charge in [-0.25, -0.2) is 14.8 Å². The molecule has 1 aliphatic rings. The van der Waals surface area contributed by atoms with Gasteiger partial charge >= 0.3 is 5.97 Å². The van der Waals surface area contributed by atoms with Crippen molar-refractivity contribution in [1.29, 1.82) is 0 Å². The van der Waals surface area contributed by atoms with Gasteiger partial charge in [0.2, 0.25) is 0 Å². The minimum Gasteiger partial charge on any atom is -0.490 e. The van der Waals surface area contributed by atoms with Crippen molar-refractivity contribution in [3.8, 4) is 22.9 Å². The maximum Gasteiger partial charge on any atom is 0.343 e. The van der Waals surface area contributed by atoms with Crippen molar-refractivity contribution >= 4 is 5.97 Å². The highest BCUT2D eigenvalue weighted by molar-refractivity contribution is 5.80. The Morgan fingerprint density at radius 1 is 0.933 bits per heavy atom. The van der Waals surface area contributed by atoms with E-state index in [-0.39, 0.29) is 12.1 Å². The molecule has 2 heterocycles. The molecule has 0 radical (unpaired) electrons. The van der Waals surface area contributed by atoms with Crippen LogP contribution in [-0.2, 0) is 9.53 Å². The van der Waals surface area contributed by atoms with Crippen LogP contribution in [0.25, 0.3) is 11.4 Å². The maximum absolute atomic E-state index is 12.0. The van der Waals surface area contributed by atoms with Gasteiger partial charge in [0.1, 0.15) is 5.75 Å². The van der Waals surface area contributed by atoms with Crippen molar-refractivity contribution in [2.45, 2.75) is 77.4 Å². The summed E-state index contributed by atoms with van der Waals surface area (Å²) in [4.78, 5) is 20.8. The topological polar surface area (TPSA) is 73.8 Å². The number of nitrogens with zero attached hydrogens (tertiary/aromatic N) is 2. The van der Waals surface area contributed by atoms with Gasteiger partial charge in [-0.15, -0.1) is 0 Å². The van der Waals surface area contributed by atoms with E-state index < -0.39 is 6.10 Å². The van der Waals surface area contributed by atoms with E-state index >= 15 is 0 Å². The molecular formula is C24H32N2O4. The highest BCUT2D eigenvalue weighted by Gasteiger charge is 2.45. The Labute approximate surface area is 179 Å². The average molecular weight is 413 g/mol. The van der Waals surface area contributed by atoms with Crippen LogP contribution in [0.4, 0.5) is 0 Å². The molecule has 162 valence electrons. The monoisotopic (exact) mass is 412 g/mol. The van der Waals surface area contributed by atoms with Gasteiger partial charge in [-0.05, 0) is 37.1 Å². The average Bonchev–Trinajstić information content (AvgIpc) is 3.54. The number of unbranched alkanes of at least 4 members (excludes halogenated alkanes) is 5. The number of esters is 1. The SMILES string of the molecule is CCCCCCCCOc1cnc(-c2ccc(OC(=O)[C@@H]3O[C@@H]3CCC)cc2)nc1. The molecule has 30 heavy (non-hydrogen) atoms. The lowest BCUT2D eigenvalue weighted by Crippen LogP contribution is -2.17. The first-order chi connectivity index (χ1) is 14.7. The van der Waals surface area contributed by atoms with E-state index in [4.69, 9.17) is 14.2 Å². The van der Waals surface area contributed by atoms with Crippen LogP contribution in [0.15, 0.2) is 36.7 Å². The van der Waals surface area contributed by atoms with Crippen LogP contribution in [0.2, 0.25) is 0 Å². The Morgan fingerprint density at radius 2 is 1.63 bits per heavy atom. The maximum atomic E-state index is 12.0. The number of carbonyl (C=O) groups excluding carboxylic acids is 1. The first-order valence-corrected chi connectivity index (χ1v) is 11.1. The van der Waals surface area contributed by atoms with Crippen LogP contribution in [-0.4, -0.2) is 34.8 Å². The highest BCUT2D eigenvalue weighted by Crippen LogP contribution is 2.29. The van der Waals surface area contributed by atoms with Crippen LogP contribution in [0.1, 0.15) is 65.2 Å². The first kappa shape index (κ1) is 22.2. The Morgan fingerprint density at radius 3 is 2.33 bits per heavy atom. The largest absolute Gasteiger partial charge is 0.490 e. The van der Waals surface area contributed by atoms with E-state index in [9.17, 15) is 4.79 Å². The fourth-order valence-electron chi connectivity index (χ4n) is 3.31. The standard InChI is InChI=1S/C24H32N2O4/c1-3-5-6-7-8-9-15-28-20-16-25-23(26-17-20)18-11-13-19(14-12-18)29-24(27)22-21(30-22)10-4-2/h11-14,16-17,21-22H,3-10,15H2,1-2H3/t21-,22-/m1/s1. The zero-order valence-corrected chi connectivity index (χ0v) is 18.0. The Balaban J connectivity index is 1.42. The minimum atomic E-state index is -0.420. The molecule has 0 spiro atoms. The third kappa shape index (κ3) is 6.80. The van der Waals surface area contributed by atoms with E-state index in [1.807, 2.05) is 12.1 Å². The summed E-state index contributed by atoms with van der Waals surface area (Å²) in [7, 11) is 0. The normalized spacial score (nSPS) is 17.5. The number of hydrogen-bond donors (Lipinski definition) is 0. The molecule has 1 fully saturated rings. The summed E-state index contributed by atoms with van der Waals surface area (Å²) in [5.74, 6) is 1.45. The van der Waals surface area contributed by atoms with Gasteiger partial charge in [0.05, 0.1) is 25.1 Å². The predicted molar refractivity (Wildman–Crippen MR) is 116 cm³/mol. The molecule has 2 atom stereocenters. The smallest absolute Gasteiger partial charge is 0.343 e. The lowest BCUT2D eigenvalue weighted by atomic mass is 10.1. The summed E-state index contributed by atoms with van der Waals surface area (Å²) in [6.45, 7) is 4.99. The van der Waals surface area contributed by atoms with E-state index in [1.54, 1.807) is 24.5 Å². The Bertz CT molecular complexity index is 777. The minimum absolute atomic E-state index is 0.0111. The second kappa shape index (κ2) is 11.6. The summed E-state index contributed by atoms with van der Waals surface area (Å²) in [6.07, 6.45) is 12.3. The van der Waals surface area contributed by atoms with Gasteiger partial charge in [-0.3, -0.25) is 0 Å². The number of rotatable bonds is 13. The quantitative estimate of drug-likeness (QED) is 0.191. The fraction of sp³-hybridized carbons (Fsp3) is 0.542. The number of benzene rings is 1. The van der Waals surface area contributed by atoms with Gasteiger partial charge in [0.25, 0.3) is 0 Å². The molecule has 1 saturated heterocycles. The molecular weight excluding hydrogens is 380 g/mol. The zero-order chi connectivity index (χ0) is 21.2. The van der Waals surface area contributed by atoms with E-state index in [0.29, 0.717) is 23.9 Å². The number of carbonyl (C=O) groups is 1. The van der Waals surface area contributed by atoms with Crippen molar-refractivity contribution < 1.29 is 19.0 Å². The molecule has 1 aliphatic heterocycles. The van der Waals surface area contributed by atoms with Crippen LogP contribution in [0, 0.1) is 0 Å². The van der Waals surface area contributed by atoms with Crippen molar-refractivity contribution in [3.63, 3.8) is 0 Å². The highest BCUT2D eigenvalue weighted by atomic mass is 16.6. The van der Waals surface area contributed by atoms with E-state index in [1.165, 1.54) is 32.1 Å². The zero-order valence-electron chi connectivity index (χ0n) is 18.0. The van der Waals surface area contributed by atoms with Crippen LogP contribution >= 0.6 is 0 Å². The molecule has 3 rings (SSSR count). The summed E-state index contributed by atoms with van der Waals surface area (Å²) in [5.41, 5.74) is 0.851. The molecule has 2 aromatic rings. The van der Waals surface area contributed by atoms with E-state index in [2.05, 4.69) is 23.8 Å². The van der Waals surface area contributed by atoms with Gasteiger partial charge in [-0.1, -0.05) is 52.4 Å². The first-order valence-electron chi connectivity index (χ1n) is 11.1. The van der Waals surface area contributed by atoms with Gasteiger partial charge in [0, 0.05) is 5.56 Å². The third-order valence-corrected chi connectivity index (χ3v) is 5.11. The molecule has 0 amide bonds.